The largest absolute Gasteiger partial charge is 0.423 e. The third-order valence-electron chi connectivity index (χ3n) is 5.17. The summed E-state index contributed by atoms with van der Waals surface area (Å²) in [5.41, 5.74) is 3.16. The Labute approximate surface area is 136 Å². The van der Waals surface area contributed by atoms with Gasteiger partial charge in [0.1, 0.15) is 5.42 Å². The van der Waals surface area contributed by atoms with Gasteiger partial charge in [0.05, 0.1) is 16.5 Å². The van der Waals surface area contributed by atoms with Crippen molar-refractivity contribution >= 4 is 40.1 Å². The SMILES string of the molecule is C=c1oc(=O)c2c(C)c(C)c3c4c(c(C)c(C)c1c42)C(=O)OC3=O. The van der Waals surface area contributed by atoms with Gasteiger partial charge in [0, 0.05) is 16.2 Å². The van der Waals surface area contributed by atoms with E-state index >= 15 is 0 Å². The molecule has 0 fully saturated rings. The van der Waals surface area contributed by atoms with Crippen molar-refractivity contribution in [3.63, 3.8) is 0 Å². The second-order valence-corrected chi connectivity index (χ2v) is 6.24. The molecule has 3 aromatic rings. The Kier molecular flexibility index (Phi) is 2.63. The van der Waals surface area contributed by atoms with E-state index in [4.69, 9.17) is 9.15 Å². The number of esters is 2. The van der Waals surface area contributed by atoms with Gasteiger partial charge in [0.2, 0.25) is 0 Å². The number of rotatable bonds is 0. The highest BCUT2D eigenvalue weighted by molar-refractivity contribution is 6.29. The molecule has 0 saturated carbocycles. The molecule has 0 N–H and O–H groups in total. The molecule has 0 bridgehead atoms. The number of aryl methyl sites for hydroxylation is 2. The van der Waals surface area contributed by atoms with E-state index in [2.05, 4.69) is 6.58 Å². The third-order valence-corrected chi connectivity index (χ3v) is 5.17. The molecule has 5 nitrogen and oxygen atoms in total. The zero-order valence-corrected chi connectivity index (χ0v) is 13.7. The molecule has 1 aliphatic heterocycles. The van der Waals surface area contributed by atoms with E-state index in [0.29, 0.717) is 49.4 Å². The number of benzene rings is 2. The average molecular weight is 322 g/mol. The molecule has 1 aromatic heterocycles. The molecule has 1 aliphatic rings. The monoisotopic (exact) mass is 322 g/mol. The van der Waals surface area contributed by atoms with Crippen molar-refractivity contribution < 1.29 is 18.7 Å². The van der Waals surface area contributed by atoms with Crippen LogP contribution in [0.2, 0.25) is 0 Å². The van der Waals surface area contributed by atoms with Crippen LogP contribution in [0.5, 0.6) is 0 Å². The normalized spacial score (nSPS) is 13.8. The topological polar surface area (TPSA) is 73.6 Å². The van der Waals surface area contributed by atoms with Crippen LogP contribution in [0.25, 0.3) is 28.1 Å². The van der Waals surface area contributed by atoms with Crippen molar-refractivity contribution in [2.24, 2.45) is 0 Å². The first-order valence-electron chi connectivity index (χ1n) is 7.53. The van der Waals surface area contributed by atoms with Crippen LogP contribution < -0.4 is 11.0 Å². The Morgan fingerprint density at radius 2 is 1.17 bits per heavy atom. The predicted molar refractivity (Wildman–Crippen MR) is 89.4 cm³/mol. The van der Waals surface area contributed by atoms with E-state index in [1.54, 1.807) is 20.8 Å². The molecule has 0 radical (unpaired) electrons. The lowest BCUT2D eigenvalue weighted by Crippen LogP contribution is -2.25. The number of hydrogen-bond donors (Lipinski definition) is 0. The molecule has 4 rings (SSSR count). The fourth-order valence-electron chi connectivity index (χ4n) is 3.76. The summed E-state index contributed by atoms with van der Waals surface area (Å²) in [6, 6.07) is 0. The number of ether oxygens (including phenoxy) is 1. The number of carbonyl (C=O) groups is 2. The first-order valence-corrected chi connectivity index (χ1v) is 7.53. The van der Waals surface area contributed by atoms with Gasteiger partial charge in [0.25, 0.3) is 0 Å². The first kappa shape index (κ1) is 14.6. The van der Waals surface area contributed by atoms with Crippen LogP contribution >= 0.6 is 0 Å². The van der Waals surface area contributed by atoms with E-state index in [1.165, 1.54) is 0 Å². The van der Waals surface area contributed by atoms with Crippen LogP contribution in [0.15, 0.2) is 9.21 Å². The number of carbonyl (C=O) groups excluding carboxylic acids is 2. The highest BCUT2D eigenvalue weighted by atomic mass is 16.6. The van der Waals surface area contributed by atoms with Gasteiger partial charge < -0.3 is 9.15 Å². The van der Waals surface area contributed by atoms with Gasteiger partial charge >= 0.3 is 17.6 Å². The van der Waals surface area contributed by atoms with E-state index in [1.807, 2.05) is 6.92 Å². The fraction of sp³-hybridized carbons (Fsp3) is 0.211. The molecule has 0 unspecified atom stereocenters. The molecule has 0 atom stereocenters. The third kappa shape index (κ3) is 1.47. The van der Waals surface area contributed by atoms with Gasteiger partial charge in [0.15, 0.2) is 0 Å². The van der Waals surface area contributed by atoms with Crippen molar-refractivity contribution in [3.05, 3.63) is 49.2 Å². The first-order chi connectivity index (χ1) is 11.3. The maximum absolute atomic E-state index is 12.5. The quantitative estimate of drug-likeness (QED) is 0.470. The molecule has 0 aliphatic carbocycles. The highest BCUT2D eigenvalue weighted by Crippen LogP contribution is 2.40. The summed E-state index contributed by atoms with van der Waals surface area (Å²) in [5.74, 6) is -1.36. The van der Waals surface area contributed by atoms with Crippen LogP contribution in [0, 0.1) is 27.7 Å². The van der Waals surface area contributed by atoms with Crippen LogP contribution in [0.3, 0.4) is 0 Å². The number of cyclic esters (lactones) is 2. The molecule has 2 heterocycles. The van der Waals surface area contributed by atoms with E-state index in [-0.39, 0.29) is 5.42 Å². The van der Waals surface area contributed by atoms with Crippen molar-refractivity contribution in [2.75, 3.05) is 0 Å². The molecule has 0 saturated heterocycles. The van der Waals surface area contributed by atoms with Gasteiger partial charge in [-0.1, -0.05) is 6.58 Å². The lowest BCUT2D eigenvalue weighted by atomic mass is 9.83. The molecule has 2 aromatic carbocycles. The van der Waals surface area contributed by atoms with Crippen LogP contribution in [0.1, 0.15) is 43.0 Å². The summed E-state index contributed by atoms with van der Waals surface area (Å²) in [4.78, 5) is 37.2. The van der Waals surface area contributed by atoms with Crippen molar-refractivity contribution in [1.82, 2.24) is 0 Å². The summed E-state index contributed by atoms with van der Waals surface area (Å²) >= 11 is 0. The zero-order chi connectivity index (χ0) is 17.5. The Morgan fingerprint density at radius 3 is 1.71 bits per heavy atom. The summed E-state index contributed by atoms with van der Waals surface area (Å²) in [7, 11) is 0. The zero-order valence-electron chi connectivity index (χ0n) is 13.7. The van der Waals surface area contributed by atoms with Gasteiger partial charge in [-0.25, -0.2) is 14.4 Å². The van der Waals surface area contributed by atoms with Crippen LogP contribution in [0.4, 0.5) is 0 Å². The van der Waals surface area contributed by atoms with E-state index in [9.17, 15) is 14.4 Å². The minimum atomic E-state index is -0.682. The van der Waals surface area contributed by atoms with E-state index in [0.717, 1.165) is 5.56 Å². The summed E-state index contributed by atoms with van der Waals surface area (Å²) in [5, 5.41) is 2.11. The Morgan fingerprint density at radius 1 is 0.667 bits per heavy atom. The van der Waals surface area contributed by atoms with Gasteiger partial charge in [-0.3, -0.25) is 0 Å². The van der Waals surface area contributed by atoms with Crippen molar-refractivity contribution in [2.45, 2.75) is 27.7 Å². The van der Waals surface area contributed by atoms with Gasteiger partial charge in [-0.15, -0.1) is 0 Å². The Bertz CT molecular complexity index is 1140. The second-order valence-electron chi connectivity index (χ2n) is 6.24. The summed E-state index contributed by atoms with van der Waals surface area (Å²) in [6.45, 7) is 11.0. The second kappa shape index (κ2) is 4.32. The van der Waals surface area contributed by atoms with Gasteiger partial charge in [-0.2, -0.15) is 0 Å². The summed E-state index contributed by atoms with van der Waals surface area (Å²) < 4.78 is 10.3. The highest BCUT2D eigenvalue weighted by Gasteiger charge is 2.34. The Hall–Kier alpha value is -2.95. The molecular weight excluding hydrogens is 308 g/mol. The molecule has 24 heavy (non-hydrogen) atoms. The maximum atomic E-state index is 12.5. The van der Waals surface area contributed by atoms with Crippen molar-refractivity contribution in [3.8, 4) is 0 Å². The Balaban J connectivity index is 2.58. The lowest BCUT2D eigenvalue weighted by Gasteiger charge is -2.23. The number of hydrogen-bond acceptors (Lipinski definition) is 5. The molecule has 0 amide bonds. The maximum Gasteiger partial charge on any atom is 0.346 e. The standard InChI is InChI=1S/C19H14O5/c1-6-7(2)13-16-14(19(22)24-18(13)21)9(4)8(3)12-15(16)11(6)10(5)23-17(12)20/h5H2,1-4H3. The lowest BCUT2D eigenvalue weighted by molar-refractivity contribution is 0.0390. The average Bonchev–Trinajstić information content (AvgIpc) is 2.49. The predicted octanol–water partition coefficient (Wildman–Crippen LogP) is 2.62. The molecule has 0 spiro atoms. The van der Waals surface area contributed by atoms with Gasteiger partial charge in [-0.05, 0) is 49.9 Å². The van der Waals surface area contributed by atoms with E-state index < -0.39 is 17.6 Å². The minimum Gasteiger partial charge on any atom is -0.423 e. The fourth-order valence-corrected chi connectivity index (χ4v) is 3.76. The van der Waals surface area contributed by atoms with Crippen molar-refractivity contribution in [1.29, 1.82) is 0 Å². The smallest absolute Gasteiger partial charge is 0.346 e. The molecular formula is C19H14O5. The van der Waals surface area contributed by atoms with Crippen LogP contribution in [-0.2, 0) is 4.74 Å². The minimum absolute atomic E-state index is 0.236. The van der Waals surface area contributed by atoms with Crippen LogP contribution in [-0.4, -0.2) is 11.9 Å². The molecule has 120 valence electrons. The molecule has 5 heteroatoms. The summed E-state index contributed by atoms with van der Waals surface area (Å²) in [6.07, 6.45) is 0.